The lowest BCUT2D eigenvalue weighted by molar-refractivity contribution is 1.20. The first-order chi connectivity index (χ1) is 24.7. The van der Waals surface area contributed by atoms with E-state index in [0.29, 0.717) is 0 Å². The maximum absolute atomic E-state index is 4.24. The fourth-order valence-corrected chi connectivity index (χ4v) is 9.38. The van der Waals surface area contributed by atoms with Crippen molar-refractivity contribution < 1.29 is 0 Å². The Balaban J connectivity index is 1.32. The first-order valence-electron chi connectivity index (χ1n) is 17.6. The molecule has 2 aliphatic carbocycles. The SMILES string of the molecule is C=Cc1cc2c(-c3ccc4c5c6c(ccc35)CC=CC6=CC4)c3ccccc3c(-c3ccc4ccc5cccc6ccc3c4c56)c2cc1C=C. The summed E-state index contributed by atoms with van der Waals surface area (Å²) in [6, 6.07) is 43.8. The van der Waals surface area contributed by atoms with Gasteiger partial charge in [-0.05, 0) is 145 Å². The predicted octanol–water partition coefficient (Wildman–Crippen LogP) is 13.7. The Kier molecular flexibility index (Phi) is 5.61. The van der Waals surface area contributed by atoms with Crippen LogP contribution < -0.4 is 0 Å². The standard InChI is InChI=1S/C50H32/c1-3-29-27-43-44(28-30(29)4-2)50(42-26-22-36-18-16-32-10-8-12-34-20-24-40(42)48(36)46(32)34)38-14-6-5-13-37(38)49(43)41-25-21-35-17-15-31-9-7-11-33-19-23-39(41)47(35)45(31)33/h3-11,13-17,19-28H,1-2,12,18H2. The second kappa shape index (κ2) is 10.1. The predicted molar refractivity (Wildman–Crippen MR) is 218 cm³/mol. The molecule has 0 heterocycles. The lowest BCUT2D eigenvalue weighted by atomic mass is 9.78. The highest BCUT2D eigenvalue weighted by Crippen LogP contribution is 2.50. The number of benzene rings is 9. The molecule has 0 aromatic heterocycles. The van der Waals surface area contributed by atoms with E-state index in [9.17, 15) is 0 Å². The second-order valence-corrected chi connectivity index (χ2v) is 14.0. The van der Waals surface area contributed by atoms with Crippen LogP contribution in [-0.2, 0) is 12.8 Å². The average molecular weight is 633 g/mol. The van der Waals surface area contributed by atoms with Crippen LogP contribution in [0.5, 0.6) is 0 Å². The van der Waals surface area contributed by atoms with Gasteiger partial charge in [-0.3, -0.25) is 0 Å². The van der Waals surface area contributed by atoms with Crippen LogP contribution in [-0.4, -0.2) is 0 Å². The summed E-state index contributed by atoms with van der Waals surface area (Å²) in [6.07, 6.45) is 12.9. The number of hydrogen-bond acceptors (Lipinski definition) is 0. The average Bonchev–Trinajstić information content (AvgIpc) is 3.17. The normalized spacial score (nSPS) is 13.6. The fourth-order valence-electron chi connectivity index (χ4n) is 9.38. The van der Waals surface area contributed by atoms with Gasteiger partial charge < -0.3 is 0 Å². The maximum atomic E-state index is 4.24. The summed E-state index contributed by atoms with van der Waals surface area (Å²) in [5.41, 5.74) is 12.9. The van der Waals surface area contributed by atoms with Gasteiger partial charge in [-0.1, -0.05) is 147 Å². The molecule has 0 saturated carbocycles. The van der Waals surface area contributed by atoms with Crippen molar-refractivity contribution in [3.8, 4) is 22.3 Å². The largest absolute Gasteiger partial charge is 0.0984 e. The van der Waals surface area contributed by atoms with Crippen LogP contribution in [0.25, 0.3) is 105 Å². The molecule has 0 nitrogen and oxygen atoms in total. The summed E-state index contributed by atoms with van der Waals surface area (Å²) in [6.45, 7) is 8.49. The third kappa shape index (κ3) is 3.60. The zero-order valence-electron chi connectivity index (χ0n) is 27.7. The quantitative estimate of drug-likeness (QED) is 0.134. The van der Waals surface area contributed by atoms with Gasteiger partial charge in [0.15, 0.2) is 0 Å². The third-order valence-electron chi connectivity index (χ3n) is 11.6. The van der Waals surface area contributed by atoms with Gasteiger partial charge in [0.05, 0.1) is 0 Å². The van der Waals surface area contributed by atoms with Crippen LogP contribution >= 0.6 is 0 Å². The van der Waals surface area contributed by atoms with Crippen LogP contribution in [0.15, 0.2) is 147 Å². The molecular formula is C50H32. The molecule has 0 heteroatoms. The first-order valence-corrected chi connectivity index (χ1v) is 17.6. The van der Waals surface area contributed by atoms with Gasteiger partial charge in [0.2, 0.25) is 0 Å². The molecule has 11 rings (SSSR count). The molecule has 50 heavy (non-hydrogen) atoms. The van der Waals surface area contributed by atoms with Crippen LogP contribution in [0.4, 0.5) is 0 Å². The number of allylic oxidation sites excluding steroid dienone is 4. The van der Waals surface area contributed by atoms with E-state index in [1.54, 1.807) is 0 Å². The molecule has 0 radical (unpaired) electrons. The Hall–Kier alpha value is -6.24. The van der Waals surface area contributed by atoms with Gasteiger partial charge in [0, 0.05) is 0 Å². The molecule has 0 N–H and O–H groups in total. The van der Waals surface area contributed by atoms with E-state index < -0.39 is 0 Å². The van der Waals surface area contributed by atoms with E-state index in [-0.39, 0.29) is 0 Å². The molecule has 0 amide bonds. The van der Waals surface area contributed by atoms with Gasteiger partial charge >= 0.3 is 0 Å². The number of fused-ring (bicyclic) bond motifs is 2. The molecule has 232 valence electrons. The number of rotatable bonds is 4. The van der Waals surface area contributed by atoms with Crippen LogP contribution in [0.3, 0.4) is 0 Å². The van der Waals surface area contributed by atoms with Crippen molar-refractivity contribution in [2.24, 2.45) is 0 Å². The van der Waals surface area contributed by atoms with Crippen molar-refractivity contribution >= 4 is 82.4 Å². The van der Waals surface area contributed by atoms with Gasteiger partial charge in [-0.2, -0.15) is 0 Å². The molecule has 9 aromatic rings. The lowest BCUT2D eigenvalue weighted by Gasteiger charge is -2.25. The zero-order valence-corrected chi connectivity index (χ0v) is 27.7. The van der Waals surface area contributed by atoms with Crippen LogP contribution in [0.1, 0.15) is 27.8 Å². The molecule has 0 fully saturated rings. The molecule has 9 aromatic carbocycles. The van der Waals surface area contributed by atoms with Gasteiger partial charge in [-0.15, -0.1) is 0 Å². The van der Waals surface area contributed by atoms with Crippen molar-refractivity contribution in [1.29, 1.82) is 0 Å². The Morgan fingerprint density at radius 3 is 1.72 bits per heavy atom. The highest BCUT2D eigenvalue weighted by atomic mass is 14.3. The Morgan fingerprint density at radius 2 is 1.02 bits per heavy atom. The van der Waals surface area contributed by atoms with Crippen molar-refractivity contribution in [3.63, 3.8) is 0 Å². The second-order valence-electron chi connectivity index (χ2n) is 14.0. The van der Waals surface area contributed by atoms with Crippen molar-refractivity contribution in [3.05, 3.63) is 174 Å². The summed E-state index contributed by atoms with van der Waals surface area (Å²) in [4.78, 5) is 0. The van der Waals surface area contributed by atoms with E-state index in [0.717, 1.165) is 24.0 Å². The van der Waals surface area contributed by atoms with E-state index in [1.165, 1.54) is 109 Å². The monoisotopic (exact) mass is 632 g/mol. The maximum Gasteiger partial charge on any atom is -0.00199 e. The van der Waals surface area contributed by atoms with E-state index in [1.807, 2.05) is 12.2 Å². The summed E-state index contributed by atoms with van der Waals surface area (Å²) in [7, 11) is 0. The minimum atomic E-state index is 0.964. The molecule has 2 aliphatic rings. The molecule has 0 saturated heterocycles. The van der Waals surface area contributed by atoms with Gasteiger partial charge in [0.25, 0.3) is 0 Å². The van der Waals surface area contributed by atoms with Gasteiger partial charge in [-0.25, -0.2) is 0 Å². The molecule has 0 atom stereocenters. The van der Waals surface area contributed by atoms with E-state index in [4.69, 9.17) is 0 Å². The Labute approximate surface area is 290 Å². The van der Waals surface area contributed by atoms with Gasteiger partial charge in [0.1, 0.15) is 0 Å². The molecule has 0 spiro atoms. The summed E-state index contributed by atoms with van der Waals surface area (Å²) >= 11 is 0. The van der Waals surface area contributed by atoms with E-state index >= 15 is 0 Å². The molecule has 0 aliphatic heterocycles. The zero-order chi connectivity index (χ0) is 33.1. The molecule has 0 unspecified atom stereocenters. The van der Waals surface area contributed by atoms with Crippen LogP contribution in [0, 0.1) is 0 Å². The first kappa shape index (κ1) is 27.7. The highest BCUT2D eigenvalue weighted by molar-refractivity contribution is 6.30. The fraction of sp³-hybridized carbons (Fsp3) is 0.0400. The molecule has 0 bridgehead atoms. The van der Waals surface area contributed by atoms with Crippen molar-refractivity contribution in [1.82, 2.24) is 0 Å². The molecular weight excluding hydrogens is 601 g/mol. The number of hydrogen-bond donors (Lipinski definition) is 0. The highest BCUT2D eigenvalue weighted by Gasteiger charge is 2.25. The Bertz CT molecular complexity index is 3040. The van der Waals surface area contributed by atoms with Crippen molar-refractivity contribution in [2.45, 2.75) is 12.8 Å². The summed E-state index contributed by atoms with van der Waals surface area (Å²) in [5.74, 6) is 0. The van der Waals surface area contributed by atoms with Crippen LogP contribution in [0.2, 0.25) is 0 Å². The van der Waals surface area contributed by atoms with Crippen molar-refractivity contribution in [2.75, 3.05) is 0 Å². The summed E-state index contributed by atoms with van der Waals surface area (Å²) in [5, 5.41) is 15.6. The summed E-state index contributed by atoms with van der Waals surface area (Å²) < 4.78 is 0. The van der Waals surface area contributed by atoms with E-state index in [2.05, 4.69) is 147 Å². The third-order valence-corrected chi connectivity index (χ3v) is 11.6. The minimum Gasteiger partial charge on any atom is -0.0984 e. The topological polar surface area (TPSA) is 0 Å². The Morgan fingerprint density at radius 1 is 0.440 bits per heavy atom. The smallest absolute Gasteiger partial charge is 0.00199 e. The minimum absolute atomic E-state index is 0.964. The lowest BCUT2D eigenvalue weighted by Crippen LogP contribution is -2.05.